The zero-order valence-corrected chi connectivity index (χ0v) is 11.0. The second kappa shape index (κ2) is 5.87. The summed E-state index contributed by atoms with van der Waals surface area (Å²) in [5.41, 5.74) is 2.92. The first-order valence-corrected chi connectivity index (χ1v) is 5.90. The number of aromatic hydroxyl groups is 2. The number of anilines is 1. The highest BCUT2D eigenvalue weighted by atomic mass is 16.6. The molecule has 2 aromatic rings. The van der Waals surface area contributed by atoms with Crippen LogP contribution in [0.15, 0.2) is 35.6 Å². The van der Waals surface area contributed by atoms with Gasteiger partial charge in [0.2, 0.25) is 5.82 Å². The van der Waals surface area contributed by atoms with Crippen LogP contribution in [0, 0.1) is 17.0 Å². The van der Waals surface area contributed by atoms with E-state index in [9.17, 15) is 20.3 Å². The van der Waals surface area contributed by atoms with E-state index in [0.29, 0.717) is 11.1 Å². The Hall–Kier alpha value is -3.16. The SMILES string of the molecule is Cc1c(O)ccc(/C=N\Nc2ncccc2[N+](=O)[O-])c1O. The fraction of sp³-hybridized carbons (Fsp3) is 0.0769. The van der Waals surface area contributed by atoms with Gasteiger partial charge in [0.05, 0.1) is 11.1 Å². The molecule has 0 fully saturated rings. The van der Waals surface area contributed by atoms with Crippen LogP contribution >= 0.6 is 0 Å². The molecule has 1 heterocycles. The maximum absolute atomic E-state index is 10.8. The van der Waals surface area contributed by atoms with Gasteiger partial charge in [-0.3, -0.25) is 15.5 Å². The third-order valence-electron chi connectivity index (χ3n) is 2.79. The fourth-order valence-electron chi connectivity index (χ4n) is 1.61. The first-order valence-electron chi connectivity index (χ1n) is 5.90. The number of hydrogen-bond donors (Lipinski definition) is 3. The van der Waals surface area contributed by atoms with Gasteiger partial charge in [-0.25, -0.2) is 4.98 Å². The molecule has 0 bridgehead atoms. The molecule has 8 nitrogen and oxygen atoms in total. The number of hydrazone groups is 1. The molecule has 0 atom stereocenters. The van der Waals surface area contributed by atoms with Crippen molar-refractivity contribution in [2.75, 3.05) is 5.43 Å². The van der Waals surface area contributed by atoms with Gasteiger partial charge in [-0.1, -0.05) is 0 Å². The van der Waals surface area contributed by atoms with E-state index >= 15 is 0 Å². The molecule has 0 aliphatic rings. The Morgan fingerprint density at radius 3 is 2.86 bits per heavy atom. The minimum Gasteiger partial charge on any atom is -0.508 e. The van der Waals surface area contributed by atoms with Crippen molar-refractivity contribution >= 4 is 17.7 Å². The van der Waals surface area contributed by atoms with E-state index in [4.69, 9.17) is 0 Å². The molecule has 2 rings (SSSR count). The lowest BCUT2D eigenvalue weighted by atomic mass is 10.1. The van der Waals surface area contributed by atoms with Gasteiger partial charge in [-0.05, 0) is 25.1 Å². The van der Waals surface area contributed by atoms with Crippen LogP contribution < -0.4 is 5.43 Å². The van der Waals surface area contributed by atoms with Crippen LogP contribution in [-0.2, 0) is 0 Å². The van der Waals surface area contributed by atoms with Gasteiger partial charge < -0.3 is 10.2 Å². The van der Waals surface area contributed by atoms with Crippen molar-refractivity contribution < 1.29 is 15.1 Å². The van der Waals surface area contributed by atoms with Gasteiger partial charge in [-0.15, -0.1) is 0 Å². The lowest BCUT2D eigenvalue weighted by Gasteiger charge is -2.05. The molecule has 0 saturated heterocycles. The third kappa shape index (κ3) is 3.06. The monoisotopic (exact) mass is 288 g/mol. The van der Waals surface area contributed by atoms with Crippen molar-refractivity contribution in [3.8, 4) is 11.5 Å². The average molecular weight is 288 g/mol. The molecular formula is C13H12N4O4. The van der Waals surface area contributed by atoms with Crippen molar-refractivity contribution in [3.63, 3.8) is 0 Å². The number of nitrogens with zero attached hydrogens (tertiary/aromatic N) is 3. The van der Waals surface area contributed by atoms with Crippen molar-refractivity contribution in [2.45, 2.75) is 6.92 Å². The van der Waals surface area contributed by atoms with Gasteiger partial charge in [0.25, 0.3) is 0 Å². The Morgan fingerprint density at radius 2 is 2.14 bits per heavy atom. The minimum absolute atomic E-state index is 0.00580. The molecule has 0 amide bonds. The molecule has 8 heteroatoms. The van der Waals surface area contributed by atoms with Gasteiger partial charge in [0.15, 0.2) is 0 Å². The number of rotatable bonds is 4. The van der Waals surface area contributed by atoms with Crippen molar-refractivity contribution in [2.24, 2.45) is 5.10 Å². The number of phenols is 2. The highest BCUT2D eigenvalue weighted by Gasteiger charge is 2.13. The van der Waals surface area contributed by atoms with Crippen LogP contribution in [0.1, 0.15) is 11.1 Å². The standard InChI is InChI=1S/C13H12N4O4/c1-8-11(18)5-4-9(12(8)19)7-15-16-13-10(17(20)21)3-2-6-14-13/h2-7,18-19H,1H3,(H,14,16)/b15-7-. The summed E-state index contributed by atoms with van der Waals surface area (Å²) >= 11 is 0. The van der Waals surface area contributed by atoms with Gasteiger partial charge in [0, 0.05) is 23.4 Å². The second-order valence-corrected chi connectivity index (χ2v) is 4.15. The topological polar surface area (TPSA) is 121 Å². The first-order chi connectivity index (χ1) is 10.0. The van der Waals surface area contributed by atoms with Crippen molar-refractivity contribution in [3.05, 3.63) is 51.7 Å². The highest BCUT2D eigenvalue weighted by molar-refractivity contribution is 5.85. The predicted molar refractivity (Wildman–Crippen MR) is 76.6 cm³/mol. The van der Waals surface area contributed by atoms with Gasteiger partial charge in [0.1, 0.15) is 11.5 Å². The summed E-state index contributed by atoms with van der Waals surface area (Å²) in [5, 5.41) is 33.8. The van der Waals surface area contributed by atoms with Crippen molar-refractivity contribution in [1.82, 2.24) is 4.98 Å². The Bertz CT molecular complexity index is 715. The fourth-order valence-corrected chi connectivity index (χ4v) is 1.61. The van der Waals surface area contributed by atoms with E-state index in [0.717, 1.165) is 0 Å². The number of nitrogens with one attached hydrogen (secondary N) is 1. The predicted octanol–water partition coefficient (Wildman–Crippen LogP) is 2.16. The lowest BCUT2D eigenvalue weighted by Crippen LogP contribution is -1.99. The summed E-state index contributed by atoms with van der Waals surface area (Å²) in [6.45, 7) is 1.55. The zero-order chi connectivity index (χ0) is 15.4. The summed E-state index contributed by atoms with van der Waals surface area (Å²) in [7, 11) is 0. The van der Waals surface area contributed by atoms with Crippen LogP contribution in [0.4, 0.5) is 11.5 Å². The minimum atomic E-state index is -0.576. The van der Waals surface area contributed by atoms with E-state index < -0.39 is 4.92 Å². The number of hydrogen-bond acceptors (Lipinski definition) is 7. The average Bonchev–Trinajstić information content (AvgIpc) is 2.47. The van der Waals surface area contributed by atoms with Crippen LogP contribution in [-0.4, -0.2) is 26.3 Å². The molecule has 0 radical (unpaired) electrons. The molecular weight excluding hydrogens is 276 g/mol. The summed E-state index contributed by atoms with van der Waals surface area (Å²) < 4.78 is 0. The Balaban J connectivity index is 2.21. The quantitative estimate of drug-likeness (QED) is 0.450. The summed E-state index contributed by atoms with van der Waals surface area (Å²) in [4.78, 5) is 14.0. The van der Waals surface area contributed by atoms with Crippen LogP contribution in [0.25, 0.3) is 0 Å². The maximum Gasteiger partial charge on any atom is 0.313 e. The number of phenolic OH excluding ortho intramolecular Hbond substituents is 2. The largest absolute Gasteiger partial charge is 0.508 e. The molecule has 0 unspecified atom stereocenters. The maximum atomic E-state index is 10.8. The normalized spacial score (nSPS) is 10.7. The summed E-state index contributed by atoms with van der Waals surface area (Å²) in [5.74, 6) is -0.150. The number of benzene rings is 1. The lowest BCUT2D eigenvalue weighted by molar-refractivity contribution is -0.384. The first kappa shape index (κ1) is 14.3. The van der Waals surface area contributed by atoms with E-state index in [1.165, 1.54) is 36.7 Å². The zero-order valence-electron chi connectivity index (χ0n) is 11.0. The van der Waals surface area contributed by atoms with E-state index in [1.807, 2.05) is 0 Å². The molecule has 21 heavy (non-hydrogen) atoms. The van der Waals surface area contributed by atoms with Gasteiger partial charge in [-0.2, -0.15) is 5.10 Å². The third-order valence-corrected chi connectivity index (χ3v) is 2.79. The molecule has 0 spiro atoms. The van der Waals surface area contributed by atoms with E-state index in [1.54, 1.807) is 6.92 Å². The number of nitro groups is 1. The Morgan fingerprint density at radius 1 is 1.38 bits per heavy atom. The molecule has 0 aliphatic carbocycles. The van der Waals surface area contributed by atoms with E-state index in [2.05, 4.69) is 15.5 Å². The van der Waals surface area contributed by atoms with Crippen LogP contribution in [0.2, 0.25) is 0 Å². The molecule has 1 aromatic carbocycles. The van der Waals surface area contributed by atoms with Crippen LogP contribution in [0.3, 0.4) is 0 Å². The summed E-state index contributed by atoms with van der Waals surface area (Å²) in [6.07, 6.45) is 2.67. The molecule has 3 N–H and O–H groups in total. The number of pyridine rings is 1. The molecule has 0 saturated carbocycles. The Kier molecular flexibility index (Phi) is 3.98. The summed E-state index contributed by atoms with van der Waals surface area (Å²) in [6, 6.07) is 5.63. The molecule has 0 aliphatic heterocycles. The smallest absolute Gasteiger partial charge is 0.313 e. The van der Waals surface area contributed by atoms with Crippen molar-refractivity contribution in [1.29, 1.82) is 0 Å². The highest BCUT2D eigenvalue weighted by Crippen LogP contribution is 2.28. The molecule has 1 aromatic heterocycles. The van der Waals surface area contributed by atoms with E-state index in [-0.39, 0.29) is 23.0 Å². The Labute approximate surface area is 119 Å². The molecule has 108 valence electrons. The number of aromatic nitrogens is 1. The van der Waals surface area contributed by atoms with Gasteiger partial charge >= 0.3 is 5.69 Å². The van der Waals surface area contributed by atoms with Crippen LogP contribution in [0.5, 0.6) is 11.5 Å². The second-order valence-electron chi connectivity index (χ2n) is 4.15.